The van der Waals surface area contributed by atoms with Crippen molar-refractivity contribution < 1.29 is 19.1 Å². The van der Waals surface area contributed by atoms with Crippen LogP contribution in [0.4, 0.5) is 0 Å². The van der Waals surface area contributed by atoms with E-state index >= 15 is 0 Å². The van der Waals surface area contributed by atoms with Gasteiger partial charge in [0.2, 0.25) is 5.91 Å². The van der Waals surface area contributed by atoms with Gasteiger partial charge in [-0.1, -0.05) is 50.6 Å². The van der Waals surface area contributed by atoms with E-state index in [0.29, 0.717) is 13.2 Å². The van der Waals surface area contributed by atoms with Crippen LogP contribution in [-0.4, -0.2) is 64.5 Å². The molecule has 1 aromatic rings. The lowest BCUT2D eigenvalue weighted by Gasteiger charge is -2.37. The molecule has 4 rings (SSSR count). The fraction of sp³-hybridized carbons (Fsp3) is 0.586. The first kappa shape index (κ1) is 26.3. The first-order valence-corrected chi connectivity index (χ1v) is 13.2. The summed E-state index contributed by atoms with van der Waals surface area (Å²) in [5.74, 6) is 0.994. The van der Waals surface area contributed by atoms with Gasteiger partial charge < -0.3 is 24.6 Å². The zero-order valence-corrected chi connectivity index (χ0v) is 22.5. The summed E-state index contributed by atoms with van der Waals surface area (Å²) >= 11 is 0. The third-order valence-electron chi connectivity index (χ3n) is 7.36. The third-order valence-corrected chi connectivity index (χ3v) is 7.36. The Labute approximate surface area is 215 Å². The summed E-state index contributed by atoms with van der Waals surface area (Å²) in [6.07, 6.45) is 5.01. The number of likely N-dealkylation sites (tertiary alicyclic amines) is 1. The van der Waals surface area contributed by atoms with Crippen LogP contribution in [0.25, 0.3) is 0 Å². The smallest absolute Gasteiger partial charge is 0.250 e. The van der Waals surface area contributed by atoms with Gasteiger partial charge in [-0.25, -0.2) is 0 Å². The molecular weight excluding hydrogens is 454 g/mol. The number of rotatable bonds is 9. The van der Waals surface area contributed by atoms with Crippen LogP contribution < -0.4 is 5.32 Å². The highest BCUT2D eigenvalue weighted by Gasteiger charge is 2.45. The monoisotopic (exact) mass is 495 g/mol. The van der Waals surface area contributed by atoms with Crippen molar-refractivity contribution in [2.24, 2.45) is 5.92 Å². The van der Waals surface area contributed by atoms with Gasteiger partial charge in [-0.2, -0.15) is 0 Å². The van der Waals surface area contributed by atoms with Crippen molar-refractivity contribution in [3.63, 3.8) is 0 Å². The number of nitrogens with one attached hydrogen (secondary N) is 1. The van der Waals surface area contributed by atoms with Crippen molar-refractivity contribution in [2.75, 3.05) is 13.1 Å². The number of benzene rings is 1. The fourth-order valence-corrected chi connectivity index (χ4v) is 5.42. The van der Waals surface area contributed by atoms with Crippen LogP contribution in [0, 0.1) is 5.92 Å². The van der Waals surface area contributed by atoms with E-state index in [9.17, 15) is 9.59 Å². The number of carbonyl (C=O) groups is 2. The van der Waals surface area contributed by atoms with E-state index in [0.717, 1.165) is 36.4 Å². The Morgan fingerprint density at radius 1 is 1.11 bits per heavy atom. The molecule has 0 spiro atoms. The molecule has 196 valence electrons. The number of nitrogens with zero attached hydrogens (tertiary/aromatic N) is 2. The van der Waals surface area contributed by atoms with Crippen LogP contribution in [0.2, 0.25) is 0 Å². The Bertz CT molecular complexity index is 1010. The lowest BCUT2D eigenvalue weighted by molar-refractivity contribution is -0.129. The van der Waals surface area contributed by atoms with Gasteiger partial charge in [0.1, 0.15) is 11.4 Å². The van der Waals surface area contributed by atoms with E-state index in [4.69, 9.17) is 9.47 Å². The summed E-state index contributed by atoms with van der Waals surface area (Å²) in [5, 5.41) is 3.07. The molecule has 0 aromatic heterocycles. The zero-order valence-electron chi connectivity index (χ0n) is 22.5. The predicted octanol–water partition coefficient (Wildman–Crippen LogP) is 4.00. The van der Waals surface area contributed by atoms with Gasteiger partial charge in [0, 0.05) is 30.9 Å². The van der Waals surface area contributed by atoms with Crippen LogP contribution in [0.3, 0.4) is 0 Å². The highest BCUT2D eigenvalue weighted by Crippen LogP contribution is 2.36. The highest BCUT2D eigenvalue weighted by atomic mass is 16.5. The molecule has 2 amide bonds. The van der Waals surface area contributed by atoms with Gasteiger partial charge in [0.25, 0.3) is 5.91 Å². The topological polar surface area (TPSA) is 71.1 Å². The third kappa shape index (κ3) is 5.77. The molecule has 7 heteroatoms. The largest absolute Gasteiger partial charge is 0.490 e. The second-order valence-electron chi connectivity index (χ2n) is 11.3. The summed E-state index contributed by atoms with van der Waals surface area (Å²) in [4.78, 5) is 29.9. The maximum absolute atomic E-state index is 13.2. The molecule has 0 aliphatic carbocycles. The molecule has 3 heterocycles. The normalized spacial score (nSPS) is 26.1. The molecule has 1 fully saturated rings. The summed E-state index contributed by atoms with van der Waals surface area (Å²) in [5.41, 5.74) is 1.69. The van der Waals surface area contributed by atoms with Crippen molar-refractivity contribution in [1.82, 2.24) is 15.1 Å². The molecule has 5 atom stereocenters. The maximum atomic E-state index is 13.2. The Kier molecular flexibility index (Phi) is 7.79. The van der Waals surface area contributed by atoms with Gasteiger partial charge in [0.15, 0.2) is 0 Å². The molecule has 0 bridgehead atoms. The molecule has 1 N–H and O–H groups in total. The van der Waals surface area contributed by atoms with E-state index in [1.54, 1.807) is 12.2 Å². The molecule has 7 nitrogen and oxygen atoms in total. The Morgan fingerprint density at radius 3 is 2.50 bits per heavy atom. The number of ether oxygens (including phenoxy) is 2. The van der Waals surface area contributed by atoms with Crippen molar-refractivity contribution in [3.05, 3.63) is 59.5 Å². The molecule has 3 aliphatic rings. The SMILES string of the molecule is CC[C@H](C)[C@H]1C(OC(C)(C)C)=CC(=O)N1[C@H]1CCN(C2=CC(=O)N[C@H]2C(C)OCc2ccccc2)C1. The second-order valence-corrected chi connectivity index (χ2v) is 11.3. The number of amides is 2. The highest BCUT2D eigenvalue weighted by molar-refractivity contribution is 5.92. The van der Waals surface area contributed by atoms with Gasteiger partial charge in [0.05, 0.1) is 30.8 Å². The molecule has 0 radical (unpaired) electrons. The molecule has 1 unspecified atom stereocenters. The summed E-state index contributed by atoms with van der Waals surface area (Å²) in [7, 11) is 0. The first-order valence-electron chi connectivity index (χ1n) is 13.2. The predicted molar refractivity (Wildman–Crippen MR) is 140 cm³/mol. The lowest BCUT2D eigenvalue weighted by atomic mass is 9.96. The van der Waals surface area contributed by atoms with E-state index < -0.39 is 0 Å². The van der Waals surface area contributed by atoms with Crippen molar-refractivity contribution in [1.29, 1.82) is 0 Å². The molecule has 36 heavy (non-hydrogen) atoms. The van der Waals surface area contributed by atoms with Crippen molar-refractivity contribution in [3.8, 4) is 0 Å². The standard InChI is InChI=1S/C29H41N3O4/c1-7-19(2)28-24(36-29(4,5)6)16-26(34)32(28)22-13-14-31(17-22)23-15-25(33)30-27(23)20(3)35-18-21-11-9-8-10-12-21/h8-12,15-16,19-20,22,27-28H,7,13-14,17-18H2,1-6H3,(H,30,33)/t19-,20?,22-,27-,28-/m0/s1. The Balaban J connectivity index is 1.45. The molecule has 0 saturated carbocycles. The number of carbonyl (C=O) groups excluding carboxylic acids is 2. The summed E-state index contributed by atoms with van der Waals surface area (Å²) in [6.45, 7) is 14.4. The Hall–Kier alpha value is -2.80. The molecule has 1 aromatic carbocycles. The van der Waals surface area contributed by atoms with Crippen LogP contribution in [-0.2, 0) is 25.7 Å². The van der Waals surface area contributed by atoms with Crippen LogP contribution in [0.1, 0.15) is 59.9 Å². The minimum absolute atomic E-state index is 0.0251. The molecule has 1 saturated heterocycles. The van der Waals surface area contributed by atoms with Gasteiger partial charge in [-0.05, 0) is 45.6 Å². The van der Waals surface area contributed by atoms with E-state index in [1.165, 1.54) is 0 Å². The minimum atomic E-state index is -0.362. The summed E-state index contributed by atoms with van der Waals surface area (Å²) < 4.78 is 12.4. The second kappa shape index (κ2) is 10.7. The van der Waals surface area contributed by atoms with E-state index in [1.807, 2.05) is 62.9 Å². The Morgan fingerprint density at radius 2 is 1.83 bits per heavy atom. The van der Waals surface area contributed by atoms with Crippen LogP contribution in [0.5, 0.6) is 0 Å². The van der Waals surface area contributed by atoms with Gasteiger partial charge in [-0.3, -0.25) is 9.59 Å². The number of hydrogen-bond donors (Lipinski definition) is 1. The number of hydrogen-bond acceptors (Lipinski definition) is 5. The maximum Gasteiger partial charge on any atom is 0.250 e. The summed E-state index contributed by atoms with van der Waals surface area (Å²) in [6, 6.07) is 9.84. The van der Waals surface area contributed by atoms with Crippen molar-refractivity contribution in [2.45, 2.75) is 90.8 Å². The van der Waals surface area contributed by atoms with Crippen LogP contribution >= 0.6 is 0 Å². The minimum Gasteiger partial charge on any atom is -0.490 e. The van der Waals surface area contributed by atoms with E-state index in [-0.39, 0.29) is 47.6 Å². The zero-order chi connectivity index (χ0) is 26.0. The lowest BCUT2D eigenvalue weighted by Crippen LogP contribution is -2.48. The van der Waals surface area contributed by atoms with Crippen molar-refractivity contribution >= 4 is 11.8 Å². The van der Waals surface area contributed by atoms with Gasteiger partial charge in [-0.15, -0.1) is 0 Å². The first-order chi connectivity index (χ1) is 17.1. The van der Waals surface area contributed by atoms with Gasteiger partial charge >= 0.3 is 0 Å². The average molecular weight is 496 g/mol. The quantitative estimate of drug-likeness (QED) is 0.561. The van der Waals surface area contributed by atoms with Crippen LogP contribution in [0.15, 0.2) is 53.9 Å². The molecular formula is C29H41N3O4. The fourth-order valence-electron chi connectivity index (χ4n) is 5.42. The van der Waals surface area contributed by atoms with E-state index in [2.05, 4.69) is 24.1 Å². The average Bonchev–Trinajstić information content (AvgIpc) is 3.53. The molecule has 3 aliphatic heterocycles.